The van der Waals surface area contributed by atoms with Crippen molar-refractivity contribution >= 4 is 5.91 Å². The van der Waals surface area contributed by atoms with Crippen molar-refractivity contribution in [3.05, 3.63) is 52.7 Å². The molecule has 0 saturated carbocycles. The van der Waals surface area contributed by atoms with Crippen LogP contribution in [0.4, 0.5) is 4.39 Å². The molecule has 2 heterocycles. The molecule has 1 unspecified atom stereocenters. The van der Waals surface area contributed by atoms with Gasteiger partial charge in [0.25, 0.3) is 0 Å². The first-order valence-electron chi connectivity index (χ1n) is 9.32. The van der Waals surface area contributed by atoms with Gasteiger partial charge in [0.1, 0.15) is 11.6 Å². The number of hydrogen-bond donors (Lipinski definition) is 2. The smallest absolute Gasteiger partial charge is 0.226 e. The van der Waals surface area contributed by atoms with Crippen LogP contribution in [0.1, 0.15) is 35.4 Å². The summed E-state index contributed by atoms with van der Waals surface area (Å²) in [5.41, 5.74) is 1.67. The molecular formula is C20H25FN2O4. The lowest BCUT2D eigenvalue weighted by atomic mass is 10.0. The maximum absolute atomic E-state index is 13.7. The minimum Gasteiger partial charge on any atom is -0.391 e. The molecule has 1 saturated heterocycles. The average molecular weight is 376 g/mol. The second-order valence-corrected chi connectivity index (χ2v) is 6.84. The molecule has 3 rings (SSSR count). The van der Waals surface area contributed by atoms with E-state index in [0.717, 1.165) is 13.0 Å². The second kappa shape index (κ2) is 9.62. The van der Waals surface area contributed by atoms with E-state index in [1.165, 1.54) is 6.07 Å². The molecule has 1 fully saturated rings. The first-order chi connectivity index (χ1) is 13.2. The van der Waals surface area contributed by atoms with Crippen molar-refractivity contribution < 1.29 is 23.6 Å². The molecule has 1 aromatic carbocycles. The Morgan fingerprint density at radius 2 is 2.19 bits per heavy atom. The number of nitrogens with one attached hydrogen (secondary N) is 1. The molecule has 0 spiro atoms. The van der Waals surface area contributed by atoms with E-state index in [4.69, 9.17) is 9.26 Å². The minimum absolute atomic E-state index is 0.0697. The Morgan fingerprint density at radius 1 is 1.33 bits per heavy atom. The van der Waals surface area contributed by atoms with Crippen molar-refractivity contribution in [2.45, 2.75) is 38.7 Å². The summed E-state index contributed by atoms with van der Waals surface area (Å²) in [5, 5.41) is 16.5. The zero-order valence-electron chi connectivity index (χ0n) is 15.2. The van der Waals surface area contributed by atoms with Gasteiger partial charge in [-0.1, -0.05) is 23.4 Å². The summed E-state index contributed by atoms with van der Waals surface area (Å²) in [6.07, 6.45) is 2.78. The van der Waals surface area contributed by atoms with E-state index < -0.39 is 0 Å². The van der Waals surface area contributed by atoms with Crippen LogP contribution >= 0.6 is 0 Å². The molecule has 1 aromatic heterocycles. The van der Waals surface area contributed by atoms with Crippen LogP contribution in [-0.4, -0.2) is 35.9 Å². The molecule has 1 amide bonds. The first kappa shape index (κ1) is 19.5. The predicted octanol–water partition coefficient (Wildman–Crippen LogP) is 2.18. The number of hydrogen-bond acceptors (Lipinski definition) is 5. The molecule has 6 nitrogen and oxygen atoms in total. The Balaban J connectivity index is 1.51. The lowest BCUT2D eigenvalue weighted by Gasteiger charge is -2.09. The molecular weight excluding hydrogens is 351 g/mol. The molecule has 2 aromatic rings. The summed E-state index contributed by atoms with van der Waals surface area (Å²) in [5.74, 6) is 0.545. The fourth-order valence-electron chi connectivity index (χ4n) is 3.25. The fraction of sp³-hybridized carbons (Fsp3) is 0.500. The van der Waals surface area contributed by atoms with Crippen molar-refractivity contribution in [2.24, 2.45) is 5.92 Å². The quantitative estimate of drug-likeness (QED) is 0.701. The van der Waals surface area contributed by atoms with E-state index in [1.54, 1.807) is 18.2 Å². The van der Waals surface area contributed by atoms with Crippen LogP contribution < -0.4 is 5.32 Å². The van der Waals surface area contributed by atoms with Crippen LogP contribution in [0.15, 0.2) is 28.8 Å². The highest BCUT2D eigenvalue weighted by Crippen LogP contribution is 2.19. The molecule has 2 N–H and O–H groups in total. The van der Waals surface area contributed by atoms with Crippen LogP contribution in [0.3, 0.4) is 0 Å². The summed E-state index contributed by atoms with van der Waals surface area (Å²) in [7, 11) is 0. The Bertz CT molecular complexity index is 756. The van der Waals surface area contributed by atoms with Crippen LogP contribution in [0.2, 0.25) is 0 Å². The van der Waals surface area contributed by atoms with Crippen LogP contribution in [-0.2, 0) is 35.4 Å². The lowest BCUT2D eigenvalue weighted by molar-refractivity contribution is -0.120. The Hall–Kier alpha value is -2.25. The van der Waals surface area contributed by atoms with E-state index in [9.17, 15) is 14.3 Å². The largest absolute Gasteiger partial charge is 0.391 e. The maximum Gasteiger partial charge on any atom is 0.226 e. The number of amides is 1. The summed E-state index contributed by atoms with van der Waals surface area (Å²) in [4.78, 5) is 12.1. The summed E-state index contributed by atoms with van der Waals surface area (Å²) >= 11 is 0. The van der Waals surface area contributed by atoms with Crippen LogP contribution in [0, 0.1) is 11.7 Å². The third-order valence-electron chi connectivity index (χ3n) is 4.86. The summed E-state index contributed by atoms with van der Waals surface area (Å²) in [6, 6.07) is 6.67. The number of aliphatic hydroxyl groups is 1. The SMILES string of the molecule is O=C(Cc1noc(CCCc2ccccc2F)c1CO)NCC1CCOC1. The van der Waals surface area contributed by atoms with Gasteiger partial charge in [-0.2, -0.15) is 0 Å². The van der Waals surface area contributed by atoms with Gasteiger partial charge >= 0.3 is 0 Å². The van der Waals surface area contributed by atoms with E-state index in [0.29, 0.717) is 60.9 Å². The lowest BCUT2D eigenvalue weighted by Crippen LogP contribution is -2.31. The number of ether oxygens (including phenoxy) is 1. The van der Waals surface area contributed by atoms with Gasteiger partial charge in [-0.15, -0.1) is 0 Å². The molecule has 0 radical (unpaired) electrons. The van der Waals surface area contributed by atoms with E-state index in [1.807, 2.05) is 0 Å². The number of benzene rings is 1. The Kier molecular flexibility index (Phi) is 6.95. The van der Waals surface area contributed by atoms with Gasteiger partial charge in [0.2, 0.25) is 5.91 Å². The molecule has 146 valence electrons. The number of nitrogens with zero attached hydrogens (tertiary/aromatic N) is 1. The first-order valence-corrected chi connectivity index (χ1v) is 9.32. The number of carbonyl (C=O) groups excluding carboxylic acids is 1. The molecule has 27 heavy (non-hydrogen) atoms. The van der Waals surface area contributed by atoms with Gasteiger partial charge in [-0.25, -0.2) is 4.39 Å². The average Bonchev–Trinajstić information content (AvgIpc) is 3.31. The van der Waals surface area contributed by atoms with E-state index in [-0.39, 0.29) is 24.8 Å². The topological polar surface area (TPSA) is 84.6 Å². The third kappa shape index (κ3) is 5.37. The van der Waals surface area contributed by atoms with Crippen molar-refractivity contribution in [1.82, 2.24) is 10.5 Å². The zero-order valence-corrected chi connectivity index (χ0v) is 15.2. The Morgan fingerprint density at radius 3 is 2.93 bits per heavy atom. The maximum atomic E-state index is 13.7. The normalized spacial score (nSPS) is 16.6. The van der Waals surface area contributed by atoms with Crippen molar-refractivity contribution in [3.63, 3.8) is 0 Å². The van der Waals surface area contributed by atoms with Gasteiger partial charge in [0.05, 0.1) is 25.3 Å². The number of aryl methyl sites for hydroxylation is 2. The van der Waals surface area contributed by atoms with Gasteiger partial charge < -0.3 is 19.7 Å². The van der Waals surface area contributed by atoms with Crippen LogP contribution in [0.5, 0.6) is 0 Å². The zero-order chi connectivity index (χ0) is 19.1. The van der Waals surface area contributed by atoms with Crippen molar-refractivity contribution in [2.75, 3.05) is 19.8 Å². The highest BCUT2D eigenvalue weighted by molar-refractivity contribution is 5.78. The highest BCUT2D eigenvalue weighted by atomic mass is 19.1. The standard InChI is InChI=1S/C20H25FN2O4/c21-17-6-2-1-4-15(17)5-3-7-19-16(12-24)18(23-27-19)10-20(25)22-11-14-8-9-26-13-14/h1-2,4,6,14,24H,3,5,7-13H2,(H,22,25). The number of aliphatic hydroxyl groups excluding tert-OH is 1. The highest BCUT2D eigenvalue weighted by Gasteiger charge is 2.20. The fourth-order valence-corrected chi connectivity index (χ4v) is 3.25. The molecule has 0 aliphatic carbocycles. The minimum atomic E-state index is -0.238. The van der Waals surface area contributed by atoms with Gasteiger partial charge in [0, 0.05) is 31.1 Å². The van der Waals surface area contributed by atoms with E-state index >= 15 is 0 Å². The molecule has 1 atom stereocenters. The monoisotopic (exact) mass is 376 g/mol. The summed E-state index contributed by atoms with van der Waals surface area (Å²) < 4.78 is 24.3. The van der Waals surface area contributed by atoms with Gasteiger partial charge in [-0.3, -0.25) is 4.79 Å². The Labute approximate surface area is 157 Å². The number of carbonyl (C=O) groups is 1. The molecule has 0 bridgehead atoms. The molecule has 1 aliphatic heterocycles. The van der Waals surface area contributed by atoms with Crippen molar-refractivity contribution in [1.29, 1.82) is 0 Å². The number of aromatic nitrogens is 1. The summed E-state index contributed by atoms with van der Waals surface area (Å²) in [6.45, 7) is 1.77. The number of rotatable bonds is 9. The second-order valence-electron chi connectivity index (χ2n) is 6.84. The van der Waals surface area contributed by atoms with Crippen molar-refractivity contribution in [3.8, 4) is 0 Å². The number of halogens is 1. The van der Waals surface area contributed by atoms with Gasteiger partial charge in [-0.05, 0) is 30.9 Å². The van der Waals surface area contributed by atoms with Crippen LogP contribution in [0.25, 0.3) is 0 Å². The van der Waals surface area contributed by atoms with E-state index in [2.05, 4.69) is 10.5 Å². The van der Waals surface area contributed by atoms with Gasteiger partial charge in [0.15, 0.2) is 0 Å². The third-order valence-corrected chi connectivity index (χ3v) is 4.86. The molecule has 7 heteroatoms. The predicted molar refractivity (Wildman–Crippen MR) is 96.5 cm³/mol. The molecule has 1 aliphatic rings.